The standard InChI is InChI=1S/C34H48N4O7S2/c1-6-35-27-19-43-33-32(27)29(20-44-33)45-31(40)15-24(14-23-10-8-7-9-11-23)28(39)18-38(17-21(2)3)47(41,42)25-12-13-26-30(16-25)46-34(37-26)36-22(4)5/h7-13,16,21-22,24,27-29,32-33,35,39H,6,14-15,17-20H2,1-5H3,(H,36,37)/t24-,27+,28-,29+,32+,33-/m1/s1. The highest BCUT2D eigenvalue weighted by Crippen LogP contribution is 2.34. The minimum atomic E-state index is -3.99. The molecule has 0 amide bonds. The first-order chi connectivity index (χ1) is 22.4. The third-order valence-electron chi connectivity index (χ3n) is 8.51. The number of hydrogen-bond donors (Lipinski definition) is 3. The molecule has 13 heteroatoms. The number of hydrogen-bond acceptors (Lipinski definition) is 11. The maximum atomic E-state index is 14.1. The number of anilines is 1. The molecule has 6 atom stereocenters. The normalized spacial score (nSPS) is 22.7. The maximum absolute atomic E-state index is 14.1. The topological polar surface area (TPSA) is 139 Å². The molecule has 2 aliphatic heterocycles. The zero-order chi connectivity index (χ0) is 33.7. The summed E-state index contributed by atoms with van der Waals surface area (Å²) in [5.41, 5.74) is 1.65. The lowest BCUT2D eigenvalue weighted by Crippen LogP contribution is -2.44. The summed E-state index contributed by atoms with van der Waals surface area (Å²) in [5.74, 6) is -1.17. The number of ether oxygens (including phenoxy) is 3. The number of benzene rings is 2. The quantitative estimate of drug-likeness (QED) is 0.187. The minimum absolute atomic E-state index is 0.00267. The van der Waals surface area contributed by atoms with E-state index in [0.717, 1.165) is 21.9 Å². The Hall–Kier alpha value is -2.65. The molecule has 3 N–H and O–H groups in total. The number of likely N-dealkylation sites (N-methyl/N-ethyl adjacent to an activating group) is 1. The average Bonchev–Trinajstić information content (AvgIpc) is 3.72. The van der Waals surface area contributed by atoms with Gasteiger partial charge in [-0.3, -0.25) is 4.79 Å². The van der Waals surface area contributed by atoms with Crippen molar-refractivity contribution in [3.8, 4) is 0 Å². The Bertz CT molecular complexity index is 1580. The highest BCUT2D eigenvalue weighted by atomic mass is 32.2. The van der Waals surface area contributed by atoms with Gasteiger partial charge in [-0.15, -0.1) is 0 Å². The van der Waals surface area contributed by atoms with Crippen LogP contribution in [-0.4, -0.2) is 92.2 Å². The molecule has 3 aromatic rings. The molecule has 2 saturated heterocycles. The van der Waals surface area contributed by atoms with Crippen LogP contribution in [0.5, 0.6) is 0 Å². The fourth-order valence-corrected chi connectivity index (χ4v) is 9.10. The van der Waals surface area contributed by atoms with Gasteiger partial charge in [0.1, 0.15) is 6.10 Å². The molecular weight excluding hydrogens is 641 g/mol. The molecule has 0 saturated carbocycles. The molecule has 2 aliphatic rings. The van der Waals surface area contributed by atoms with Gasteiger partial charge in [-0.2, -0.15) is 4.31 Å². The number of esters is 1. The summed E-state index contributed by atoms with van der Waals surface area (Å²) in [6.45, 7) is 11.5. The van der Waals surface area contributed by atoms with Crippen LogP contribution in [0.1, 0.15) is 46.6 Å². The van der Waals surface area contributed by atoms with Gasteiger partial charge in [-0.1, -0.05) is 62.4 Å². The first kappa shape index (κ1) is 35.7. The van der Waals surface area contributed by atoms with Crippen LogP contribution < -0.4 is 10.6 Å². The Kier molecular flexibility index (Phi) is 11.9. The van der Waals surface area contributed by atoms with Gasteiger partial charge in [0.15, 0.2) is 11.4 Å². The number of aromatic nitrogens is 1. The lowest BCUT2D eigenvalue weighted by molar-refractivity contribution is -0.153. The molecule has 2 aromatic carbocycles. The number of rotatable bonds is 16. The van der Waals surface area contributed by atoms with Crippen LogP contribution in [0.25, 0.3) is 10.2 Å². The second-order valence-corrected chi connectivity index (χ2v) is 16.2. The second-order valence-electron chi connectivity index (χ2n) is 13.2. The smallest absolute Gasteiger partial charge is 0.306 e. The van der Waals surface area contributed by atoms with Gasteiger partial charge in [0.2, 0.25) is 10.0 Å². The molecule has 11 nitrogen and oxygen atoms in total. The molecule has 0 aliphatic carbocycles. The molecule has 2 fully saturated rings. The van der Waals surface area contributed by atoms with E-state index < -0.39 is 40.4 Å². The summed E-state index contributed by atoms with van der Waals surface area (Å²) in [7, 11) is -3.99. The monoisotopic (exact) mass is 688 g/mol. The number of nitrogens with zero attached hydrogens (tertiary/aromatic N) is 2. The number of carbonyl (C=O) groups is 1. The molecule has 258 valence electrons. The Morgan fingerprint density at radius 1 is 1.11 bits per heavy atom. The van der Waals surface area contributed by atoms with Crippen LogP contribution in [0.15, 0.2) is 53.4 Å². The van der Waals surface area contributed by atoms with Crippen molar-refractivity contribution in [3.63, 3.8) is 0 Å². The van der Waals surface area contributed by atoms with Gasteiger partial charge in [-0.25, -0.2) is 13.4 Å². The Labute approximate surface area is 282 Å². The van der Waals surface area contributed by atoms with E-state index in [2.05, 4.69) is 15.6 Å². The Morgan fingerprint density at radius 3 is 2.55 bits per heavy atom. The van der Waals surface area contributed by atoms with Gasteiger partial charge >= 0.3 is 5.97 Å². The molecule has 0 spiro atoms. The molecular formula is C34H48N4O7S2. The lowest BCUT2D eigenvalue weighted by atomic mass is 9.90. The summed E-state index contributed by atoms with van der Waals surface area (Å²) in [5, 5.41) is 19.1. The number of sulfonamides is 1. The first-order valence-corrected chi connectivity index (χ1v) is 18.8. The zero-order valence-electron chi connectivity index (χ0n) is 27.8. The SMILES string of the molecule is CCN[C@H]1CO[C@@H]2OC[C@H](OC(=O)C[C@@H](Cc3ccccc3)[C@H](O)CN(CC(C)C)S(=O)(=O)c3ccc4nc(NC(C)C)sc4c3)[C@@H]21. The third-order valence-corrected chi connectivity index (χ3v) is 11.3. The first-order valence-electron chi connectivity index (χ1n) is 16.5. The van der Waals surface area contributed by atoms with E-state index in [-0.39, 0.29) is 54.9 Å². The predicted molar refractivity (Wildman–Crippen MR) is 183 cm³/mol. The molecule has 0 unspecified atom stereocenters. The molecule has 0 bridgehead atoms. The van der Waals surface area contributed by atoms with E-state index in [0.29, 0.717) is 18.5 Å². The van der Waals surface area contributed by atoms with Crippen molar-refractivity contribution >= 4 is 42.7 Å². The zero-order valence-corrected chi connectivity index (χ0v) is 29.4. The molecule has 3 heterocycles. The average molecular weight is 689 g/mol. The van der Waals surface area contributed by atoms with E-state index >= 15 is 0 Å². The van der Waals surface area contributed by atoms with E-state index in [9.17, 15) is 18.3 Å². The number of nitrogens with one attached hydrogen (secondary N) is 2. The third kappa shape index (κ3) is 8.88. The summed E-state index contributed by atoms with van der Waals surface area (Å²) in [6.07, 6.45) is -1.72. The van der Waals surface area contributed by atoms with Gasteiger partial charge < -0.3 is 30.0 Å². The van der Waals surface area contributed by atoms with Gasteiger partial charge in [-0.05, 0) is 56.5 Å². The van der Waals surface area contributed by atoms with Crippen molar-refractivity contribution in [1.82, 2.24) is 14.6 Å². The van der Waals surface area contributed by atoms with Crippen molar-refractivity contribution in [2.45, 2.75) is 82.9 Å². The number of aliphatic hydroxyl groups is 1. The summed E-state index contributed by atoms with van der Waals surface area (Å²) < 4.78 is 47.8. The van der Waals surface area contributed by atoms with Gasteiger partial charge in [0, 0.05) is 31.1 Å². The van der Waals surface area contributed by atoms with E-state index in [4.69, 9.17) is 14.2 Å². The highest BCUT2D eigenvalue weighted by Gasteiger charge is 2.49. The van der Waals surface area contributed by atoms with Crippen molar-refractivity contribution in [1.29, 1.82) is 0 Å². The fourth-order valence-electron chi connectivity index (χ4n) is 6.33. The molecule has 47 heavy (non-hydrogen) atoms. The molecule has 0 radical (unpaired) electrons. The van der Waals surface area contributed by atoms with Crippen LogP contribution in [0, 0.1) is 17.8 Å². The largest absolute Gasteiger partial charge is 0.459 e. The maximum Gasteiger partial charge on any atom is 0.306 e. The lowest BCUT2D eigenvalue weighted by Gasteiger charge is -2.30. The van der Waals surface area contributed by atoms with Crippen molar-refractivity contribution in [3.05, 3.63) is 54.1 Å². The number of thiazole rings is 1. The van der Waals surface area contributed by atoms with Crippen molar-refractivity contribution in [2.75, 3.05) is 38.2 Å². The predicted octanol–water partition coefficient (Wildman–Crippen LogP) is 4.27. The number of fused-ring (bicyclic) bond motifs is 2. The highest BCUT2D eigenvalue weighted by molar-refractivity contribution is 7.89. The molecule has 5 rings (SSSR count). The summed E-state index contributed by atoms with van der Waals surface area (Å²) in [4.78, 5) is 18.2. The molecule has 1 aromatic heterocycles. The van der Waals surface area contributed by atoms with Crippen LogP contribution >= 0.6 is 11.3 Å². The fraction of sp³-hybridized carbons (Fsp3) is 0.588. The summed E-state index contributed by atoms with van der Waals surface area (Å²) >= 11 is 1.40. The van der Waals surface area contributed by atoms with Crippen LogP contribution in [0.2, 0.25) is 0 Å². The number of aliphatic hydroxyl groups excluding tert-OH is 1. The van der Waals surface area contributed by atoms with Crippen LogP contribution in [-0.2, 0) is 35.4 Å². The van der Waals surface area contributed by atoms with Crippen molar-refractivity contribution < 1.29 is 32.5 Å². The minimum Gasteiger partial charge on any atom is -0.459 e. The van der Waals surface area contributed by atoms with Crippen molar-refractivity contribution in [2.24, 2.45) is 17.8 Å². The number of carbonyl (C=O) groups excluding carboxylic acids is 1. The van der Waals surface area contributed by atoms with Crippen LogP contribution in [0.3, 0.4) is 0 Å². The second kappa shape index (κ2) is 15.7. The van der Waals surface area contributed by atoms with Gasteiger partial charge in [0.05, 0.1) is 46.8 Å². The van der Waals surface area contributed by atoms with Gasteiger partial charge in [0.25, 0.3) is 0 Å². The van der Waals surface area contributed by atoms with E-state index in [1.54, 1.807) is 18.2 Å². The Balaban J connectivity index is 1.34. The Morgan fingerprint density at radius 2 is 1.85 bits per heavy atom. The van der Waals surface area contributed by atoms with E-state index in [1.807, 2.05) is 65.0 Å². The van der Waals surface area contributed by atoms with Crippen LogP contribution in [0.4, 0.5) is 5.13 Å². The van der Waals surface area contributed by atoms with E-state index in [1.165, 1.54) is 15.6 Å². The summed E-state index contributed by atoms with van der Waals surface area (Å²) in [6, 6.07) is 14.7.